The van der Waals surface area contributed by atoms with Gasteiger partial charge in [0.05, 0.1) is 0 Å². The van der Waals surface area contributed by atoms with Gasteiger partial charge in [0, 0.05) is 11.7 Å². The van der Waals surface area contributed by atoms with Gasteiger partial charge in [0.1, 0.15) is 0 Å². The van der Waals surface area contributed by atoms with Crippen LogP contribution in [0.3, 0.4) is 0 Å². The molecule has 1 unspecified atom stereocenters. The van der Waals surface area contributed by atoms with E-state index in [9.17, 15) is 0 Å². The first-order valence-electron chi connectivity index (χ1n) is 1.86. The van der Waals surface area contributed by atoms with E-state index in [-0.39, 0.29) is 5.25 Å². The van der Waals surface area contributed by atoms with E-state index >= 15 is 0 Å². The van der Waals surface area contributed by atoms with E-state index in [1.54, 1.807) is 0 Å². The molecule has 33 valence electrons. The lowest BCUT2D eigenvalue weighted by Crippen LogP contribution is -1.84. The highest BCUT2D eigenvalue weighted by Crippen LogP contribution is 1.94. The maximum Gasteiger partial charge on any atom is 0.0232 e. The summed E-state index contributed by atoms with van der Waals surface area (Å²) in [5.41, 5.74) is 0. The van der Waals surface area contributed by atoms with E-state index < -0.39 is 0 Å². The molecule has 0 saturated carbocycles. The molecule has 0 heterocycles. The van der Waals surface area contributed by atoms with Crippen molar-refractivity contribution in [3.05, 3.63) is 0 Å². The molecule has 0 nitrogen and oxygen atoms in total. The maximum absolute atomic E-state index is 4.91. The predicted molar refractivity (Wildman–Crippen MR) is 30.5 cm³/mol. The fraction of sp³-hybridized carbons (Fsp3) is 0.600. The fourth-order valence-corrected chi connectivity index (χ4v) is 0.262. The topological polar surface area (TPSA) is 0 Å². The van der Waals surface area contributed by atoms with Crippen LogP contribution in [0.25, 0.3) is 0 Å². The Balaban J connectivity index is 2.88. The van der Waals surface area contributed by atoms with Crippen molar-refractivity contribution in [1.29, 1.82) is 0 Å². The molecular weight excluding hydrogens is 92.1 g/mol. The van der Waals surface area contributed by atoms with Crippen LogP contribution >= 0.6 is 12.6 Å². The van der Waals surface area contributed by atoms with E-state index in [0.717, 1.165) is 6.42 Å². The first kappa shape index (κ1) is 5.91. The summed E-state index contributed by atoms with van der Waals surface area (Å²) in [5.74, 6) is 2.46. The van der Waals surface area contributed by atoms with Crippen LogP contribution < -0.4 is 0 Å². The van der Waals surface area contributed by atoms with Crippen LogP contribution in [0.4, 0.5) is 0 Å². The lowest BCUT2D eigenvalue weighted by atomic mass is 10.3. The first-order chi connectivity index (χ1) is 2.77. The normalized spacial score (nSPS) is 12.8. The Kier molecular flexibility index (Phi) is 3.07. The average Bonchev–Trinajstić information content (AvgIpc) is 1.35. The molecule has 0 aliphatic carbocycles. The summed E-state index contributed by atoms with van der Waals surface area (Å²) >= 11 is 4.74. The van der Waals surface area contributed by atoms with Gasteiger partial charge in [0.15, 0.2) is 0 Å². The van der Waals surface area contributed by atoms with Crippen molar-refractivity contribution in [2.45, 2.75) is 18.6 Å². The van der Waals surface area contributed by atoms with E-state index in [1.165, 1.54) is 0 Å². The van der Waals surface area contributed by atoms with Gasteiger partial charge >= 0.3 is 0 Å². The Morgan fingerprint density at radius 3 is 2.50 bits per heavy atom. The molecule has 0 amide bonds. The van der Waals surface area contributed by atoms with E-state index in [2.05, 4.69) is 5.92 Å². The van der Waals surface area contributed by atoms with Crippen LogP contribution in [-0.4, -0.2) is 5.25 Å². The fourth-order valence-electron chi connectivity index (χ4n) is 0.166. The van der Waals surface area contributed by atoms with Gasteiger partial charge in [-0.2, -0.15) is 0 Å². The minimum Gasteiger partial charge on any atom is -0.120 e. The molecule has 0 bridgehead atoms. The highest BCUT2D eigenvalue weighted by atomic mass is 32.1. The van der Waals surface area contributed by atoms with Crippen molar-refractivity contribution >= 4 is 12.6 Å². The minimum absolute atomic E-state index is 0.245. The third kappa shape index (κ3) is 3.91. The Hall–Kier alpha value is -0.0900. The zero-order valence-electron chi connectivity index (χ0n) is 3.77. The van der Waals surface area contributed by atoms with Gasteiger partial charge in [-0.3, -0.25) is 0 Å². The highest BCUT2D eigenvalue weighted by Gasteiger charge is 1.85. The third-order valence-corrected chi connectivity index (χ3v) is 0.572. The number of terminal acetylenes is 1. The summed E-state index contributed by atoms with van der Waals surface area (Å²) in [4.78, 5) is 0. The number of rotatable bonds is 1. The summed E-state index contributed by atoms with van der Waals surface area (Å²) in [7, 11) is 0. The molecule has 0 spiro atoms. The molecule has 0 saturated heterocycles. The molecule has 1 heteroatoms. The molecule has 0 aliphatic heterocycles. The van der Waals surface area contributed by atoms with Crippen molar-refractivity contribution in [3.63, 3.8) is 0 Å². The second-order valence-corrected chi connectivity index (χ2v) is 2.02. The zero-order chi connectivity index (χ0) is 4.99. The van der Waals surface area contributed by atoms with Crippen LogP contribution in [0.15, 0.2) is 0 Å². The highest BCUT2D eigenvalue weighted by molar-refractivity contribution is 7.80. The minimum atomic E-state index is 0.245. The second kappa shape index (κ2) is 3.11. The van der Waals surface area contributed by atoms with Crippen LogP contribution in [0.2, 0.25) is 0 Å². The lowest BCUT2D eigenvalue weighted by Gasteiger charge is -1.87. The van der Waals surface area contributed by atoms with Gasteiger partial charge in [-0.25, -0.2) is 0 Å². The second-order valence-electron chi connectivity index (χ2n) is 1.22. The van der Waals surface area contributed by atoms with Crippen LogP contribution in [0.1, 0.15) is 13.3 Å². The van der Waals surface area contributed by atoms with Gasteiger partial charge in [0.25, 0.3) is 0 Å². The summed E-state index contributed by atoms with van der Waals surface area (Å²) in [6.45, 7) is 1.93. The summed E-state index contributed by atoms with van der Waals surface area (Å²) < 4.78 is 0. The number of hydrogen-bond acceptors (Lipinski definition) is 0. The van der Waals surface area contributed by atoms with Gasteiger partial charge in [-0.15, -0.1) is 12.3 Å². The van der Waals surface area contributed by atoms with Gasteiger partial charge in [-0.1, -0.05) is 19.6 Å². The van der Waals surface area contributed by atoms with Crippen LogP contribution in [0.5, 0.6) is 0 Å². The molecule has 0 N–H and O–H groups in total. The summed E-state index contributed by atoms with van der Waals surface area (Å²) in [6, 6.07) is 0. The quantitative estimate of drug-likeness (QED) is 0.438. The van der Waals surface area contributed by atoms with Crippen molar-refractivity contribution in [1.82, 2.24) is 0 Å². The Morgan fingerprint density at radius 1 is 2.00 bits per heavy atom. The molecule has 6 heavy (non-hydrogen) atoms. The average molecular weight is 99.2 g/mol. The van der Waals surface area contributed by atoms with E-state index in [1.807, 2.05) is 6.92 Å². The summed E-state index contributed by atoms with van der Waals surface area (Å²) in [6.07, 6.45) is 5.63. The summed E-state index contributed by atoms with van der Waals surface area (Å²) in [5, 5.41) is 0.245. The van der Waals surface area contributed by atoms with Crippen molar-refractivity contribution in [3.8, 4) is 12.3 Å². The predicted octanol–water partition coefficient (Wildman–Crippen LogP) is 1.60. The third-order valence-electron chi connectivity index (χ3n) is 0.405. The molecule has 0 rings (SSSR count). The molecule has 1 atom stereocenters. The zero-order valence-corrected chi connectivity index (χ0v) is 4.59. The van der Waals surface area contributed by atoms with Gasteiger partial charge < -0.3 is 0 Å². The molecule has 1 radical (unpaired) electrons. The van der Waals surface area contributed by atoms with Gasteiger partial charge in [-0.05, 0) is 0 Å². The van der Waals surface area contributed by atoms with Crippen molar-refractivity contribution in [2.75, 3.05) is 0 Å². The SMILES string of the molecule is C#CCC(C)[S]. The van der Waals surface area contributed by atoms with Crippen LogP contribution in [0, 0.1) is 12.3 Å². The molecule has 0 aromatic rings. The van der Waals surface area contributed by atoms with Crippen LogP contribution in [-0.2, 0) is 0 Å². The molecule has 0 aliphatic rings. The standard InChI is InChI=1S/C5H7S/c1-3-4-5(2)6/h1,5H,4H2,2H3. The Bertz CT molecular complexity index is 58.8. The molecule has 0 fully saturated rings. The maximum atomic E-state index is 4.91. The van der Waals surface area contributed by atoms with Crippen molar-refractivity contribution in [2.24, 2.45) is 0 Å². The largest absolute Gasteiger partial charge is 0.120 e. The molecule has 0 aromatic carbocycles. The lowest BCUT2D eigenvalue weighted by molar-refractivity contribution is 1.02. The Morgan fingerprint density at radius 2 is 2.50 bits per heavy atom. The first-order valence-corrected chi connectivity index (χ1v) is 2.33. The molecule has 0 aromatic heterocycles. The van der Waals surface area contributed by atoms with Gasteiger partial charge in [0.2, 0.25) is 0 Å². The number of hydrogen-bond donors (Lipinski definition) is 0. The molecular formula is C5H7S. The van der Waals surface area contributed by atoms with E-state index in [4.69, 9.17) is 19.1 Å². The monoisotopic (exact) mass is 99.0 g/mol. The van der Waals surface area contributed by atoms with Crippen molar-refractivity contribution < 1.29 is 0 Å². The van der Waals surface area contributed by atoms with E-state index in [0.29, 0.717) is 0 Å². The Labute approximate surface area is 44.4 Å². The smallest absolute Gasteiger partial charge is 0.0232 e.